The van der Waals surface area contributed by atoms with E-state index in [1.807, 2.05) is 42.5 Å². The third kappa shape index (κ3) is 9.32. The lowest BCUT2D eigenvalue weighted by atomic mass is 9.94. The molecule has 0 unspecified atom stereocenters. The van der Waals surface area contributed by atoms with Crippen LogP contribution < -0.4 is 0 Å². The molecule has 1 saturated heterocycles. The standard InChI is InChI=1S/C28H31ClN2O.C2H2O4/c29-27-14-8-7-13-26(27)22-30-18-16-25(17-19-30)28(32)31(21-24-11-5-2-6-12-24)20-15-23-9-3-1-4-10-23;3-1(4)2(5)6/h1-14,25H,15-22H2;(H,3,4)(H,5,6). The molecule has 3 aromatic carbocycles. The Hall–Kier alpha value is -3.68. The third-order valence-corrected chi connectivity index (χ3v) is 6.88. The fraction of sp³-hybridized carbons (Fsp3) is 0.300. The molecule has 2 N–H and O–H groups in total. The second-order valence-electron chi connectivity index (χ2n) is 9.23. The number of rotatable bonds is 8. The Balaban J connectivity index is 0.000000599. The Labute approximate surface area is 228 Å². The maximum absolute atomic E-state index is 13.5. The predicted octanol–water partition coefficient (Wildman–Crippen LogP) is 4.98. The average Bonchev–Trinajstić information content (AvgIpc) is 2.94. The molecule has 0 aromatic heterocycles. The summed E-state index contributed by atoms with van der Waals surface area (Å²) >= 11 is 6.34. The van der Waals surface area contributed by atoms with Crippen LogP contribution in [0.15, 0.2) is 84.9 Å². The molecule has 0 aliphatic carbocycles. The van der Waals surface area contributed by atoms with Crippen LogP contribution in [0.25, 0.3) is 0 Å². The Kier molecular flexibility index (Phi) is 11.3. The van der Waals surface area contributed by atoms with E-state index >= 15 is 0 Å². The summed E-state index contributed by atoms with van der Waals surface area (Å²) in [5, 5.41) is 15.6. The summed E-state index contributed by atoms with van der Waals surface area (Å²) in [4.78, 5) is 36.2. The number of aliphatic carboxylic acids is 2. The number of hydrogen-bond acceptors (Lipinski definition) is 4. The Morgan fingerprint density at radius 1 is 0.789 bits per heavy atom. The van der Waals surface area contributed by atoms with Gasteiger partial charge in [-0.3, -0.25) is 9.69 Å². The first-order valence-electron chi connectivity index (χ1n) is 12.6. The van der Waals surface area contributed by atoms with Crippen LogP contribution >= 0.6 is 11.6 Å². The first kappa shape index (κ1) is 28.9. The van der Waals surface area contributed by atoms with Crippen molar-refractivity contribution >= 4 is 29.4 Å². The van der Waals surface area contributed by atoms with Gasteiger partial charge in [0.25, 0.3) is 0 Å². The zero-order valence-electron chi connectivity index (χ0n) is 21.2. The summed E-state index contributed by atoms with van der Waals surface area (Å²) in [7, 11) is 0. The van der Waals surface area contributed by atoms with Gasteiger partial charge in [0.2, 0.25) is 5.91 Å². The van der Waals surface area contributed by atoms with E-state index in [0.29, 0.717) is 12.5 Å². The number of likely N-dealkylation sites (tertiary alicyclic amines) is 1. The van der Waals surface area contributed by atoms with Crippen molar-refractivity contribution in [1.29, 1.82) is 0 Å². The van der Waals surface area contributed by atoms with Crippen LogP contribution in [-0.4, -0.2) is 57.5 Å². The van der Waals surface area contributed by atoms with Crippen molar-refractivity contribution < 1.29 is 24.6 Å². The van der Waals surface area contributed by atoms with Crippen molar-refractivity contribution in [2.75, 3.05) is 19.6 Å². The molecule has 3 aromatic rings. The molecule has 0 bridgehead atoms. The molecule has 200 valence electrons. The van der Waals surface area contributed by atoms with E-state index in [0.717, 1.165) is 56.0 Å². The molecule has 1 amide bonds. The highest BCUT2D eigenvalue weighted by atomic mass is 35.5. The molecule has 0 spiro atoms. The number of carboxylic acid groups (broad SMARTS) is 2. The maximum Gasteiger partial charge on any atom is 0.414 e. The number of carbonyl (C=O) groups is 3. The first-order chi connectivity index (χ1) is 18.3. The van der Waals surface area contributed by atoms with Gasteiger partial charge in [-0.2, -0.15) is 0 Å². The average molecular weight is 537 g/mol. The van der Waals surface area contributed by atoms with Gasteiger partial charge < -0.3 is 15.1 Å². The summed E-state index contributed by atoms with van der Waals surface area (Å²) < 4.78 is 0. The van der Waals surface area contributed by atoms with Crippen molar-refractivity contribution in [3.8, 4) is 0 Å². The van der Waals surface area contributed by atoms with Crippen molar-refractivity contribution in [1.82, 2.24) is 9.80 Å². The van der Waals surface area contributed by atoms with E-state index in [4.69, 9.17) is 31.4 Å². The van der Waals surface area contributed by atoms with Gasteiger partial charge in [-0.15, -0.1) is 0 Å². The van der Waals surface area contributed by atoms with Crippen LogP contribution in [0, 0.1) is 5.92 Å². The van der Waals surface area contributed by atoms with Crippen LogP contribution in [0.5, 0.6) is 0 Å². The molecule has 1 aliphatic heterocycles. The van der Waals surface area contributed by atoms with Crippen LogP contribution in [0.4, 0.5) is 0 Å². The van der Waals surface area contributed by atoms with Gasteiger partial charge in [-0.25, -0.2) is 9.59 Å². The normalized spacial score (nSPS) is 13.7. The molecular weight excluding hydrogens is 504 g/mol. The molecular formula is C30H33ClN2O5. The van der Waals surface area contributed by atoms with Gasteiger partial charge in [-0.1, -0.05) is 90.5 Å². The smallest absolute Gasteiger partial charge is 0.414 e. The SMILES string of the molecule is O=C(C1CCN(Cc2ccccc2Cl)CC1)N(CCc1ccccc1)Cc1ccccc1.O=C(O)C(=O)O. The molecule has 38 heavy (non-hydrogen) atoms. The Morgan fingerprint density at radius 2 is 1.32 bits per heavy atom. The van der Waals surface area contributed by atoms with Crippen molar-refractivity contribution in [3.05, 3.63) is 107 Å². The van der Waals surface area contributed by atoms with Crippen molar-refractivity contribution in [3.63, 3.8) is 0 Å². The largest absolute Gasteiger partial charge is 0.473 e. The second-order valence-corrected chi connectivity index (χ2v) is 9.64. The molecule has 8 heteroatoms. The highest BCUT2D eigenvalue weighted by Crippen LogP contribution is 2.24. The van der Waals surface area contributed by atoms with E-state index < -0.39 is 11.9 Å². The molecule has 0 radical (unpaired) electrons. The van der Waals surface area contributed by atoms with Gasteiger partial charge in [0.15, 0.2) is 0 Å². The van der Waals surface area contributed by atoms with Crippen molar-refractivity contribution in [2.45, 2.75) is 32.4 Å². The highest BCUT2D eigenvalue weighted by molar-refractivity contribution is 6.31. The maximum atomic E-state index is 13.5. The van der Waals surface area contributed by atoms with Gasteiger partial charge in [0.1, 0.15) is 0 Å². The predicted molar refractivity (Wildman–Crippen MR) is 147 cm³/mol. The number of halogens is 1. The quantitative estimate of drug-likeness (QED) is 0.394. The Morgan fingerprint density at radius 3 is 1.87 bits per heavy atom. The lowest BCUT2D eigenvalue weighted by Gasteiger charge is -2.34. The van der Waals surface area contributed by atoms with Crippen LogP contribution in [0.1, 0.15) is 29.5 Å². The molecule has 1 aliphatic rings. The van der Waals surface area contributed by atoms with Crippen LogP contribution in [0.2, 0.25) is 5.02 Å². The van der Waals surface area contributed by atoms with Crippen molar-refractivity contribution in [2.24, 2.45) is 5.92 Å². The van der Waals surface area contributed by atoms with Gasteiger partial charge >= 0.3 is 11.9 Å². The molecule has 0 atom stereocenters. The van der Waals surface area contributed by atoms with E-state index in [1.54, 1.807) is 0 Å². The minimum Gasteiger partial charge on any atom is -0.473 e. The van der Waals surface area contributed by atoms with Crippen LogP contribution in [0.3, 0.4) is 0 Å². The topological polar surface area (TPSA) is 98.2 Å². The summed E-state index contributed by atoms with van der Waals surface area (Å²) in [6, 6.07) is 28.8. The first-order valence-corrected chi connectivity index (χ1v) is 13.0. The number of hydrogen-bond donors (Lipinski definition) is 2. The zero-order valence-corrected chi connectivity index (χ0v) is 22.0. The second kappa shape index (κ2) is 14.9. The monoisotopic (exact) mass is 536 g/mol. The minimum atomic E-state index is -1.82. The zero-order chi connectivity index (χ0) is 27.3. The van der Waals surface area contributed by atoms with E-state index in [1.165, 1.54) is 11.1 Å². The fourth-order valence-electron chi connectivity index (χ4n) is 4.44. The summed E-state index contributed by atoms with van der Waals surface area (Å²) in [6.07, 6.45) is 2.69. The lowest BCUT2D eigenvalue weighted by molar-refractivity contribution is -0.159. The lowest BCUT2D eigenvalue weighted by Crippen LogP contribution is -2.42. The molecule has 1 heterocycles. The van der Waals surface area contributed by atoms with Gasteiger partial charge in [0.05, 0.1) is 0 Å². The minimum absolute atomic E-state index is 0.0944. The Bertz CT molecular complexity index is 1170. The summed E-state index contributed by atoms with van der Waals surface area (Å²) in [5.41, 5.74) is 3.62. The van der Waals surface area contributed by atoms with Crippen LogP contribution in [-0.2, 0) is 33.9 Å². The van der Waals surface area contributed by atoms with Gasteiger partial charge in [0, 0.05) is 30.6 Å². The number of carbonyl (C=O) groups excluding carboxylic acids is 1. The fourth-order valence-corrected chi connectivity index (χ4v) is 4.64. The number of carboxylic acids is 2. The van der Waals surface area contributed by atoms with Gasteiger partial charge in [-0.05, 0) is 55.1 Å². The third-order valence-electron chi connectivity index (χ3n) is 6.51. The molecule has 4 rings (SSSR count). The summed E-state index contributed by atoms with van der Waals surface area (Å²) in [5.74, 6) is -3.26. The number of piperidine rings is 1. The number of nitrogens with zero attached hydrogens (tertiary/aromatic N) is 2. The van der Waals surface area contributed by atoms with E-state index in [9.17, 15) is 4.79 Å². The van der Waals surface area contributed by atoms with E-state index in [2.05, 4.69) is 52.3 Å². The molecule has 7 nitrogen and oxygen atoms in total. The number of amides is 1. The highest BCUT2D eigenvalue weighted by Gasteiger charge is 2.28. The number of benzene rings is 3. The molecule has 1 fully saturated rings. The van der Waals surface area contributed by atoms with E-state index in [-0.39, 0.29) is 5.92 Å². The molecule has 0 saturated carbocycles. The summed E-state index contributed by atoms with van der Waals surface area (Å²) in [6.45, 7) is 4.13.